The molecule has 0 spiro atoms. The second kappa shape index (κ2) is 12.3. The van der Waals surface area contributed by atoms with Gasteiger partial charge in [-0.2, -0.15) is 0 Å². The number of ether oxygens (including phenoxy) is 3. The highest BCUT2D eigenvalue weighted by molar-refractivity contribution is 5.78. The summed E-state index contributed by atoms with van der Waals surface area (Å²) in [7, 11) is 0. The lowest BCUT2D eigenvalue weighted by atomic mass is 9.90. The van der Waals surface area contributed by atoms with Crippen LogP contribution in [0.25, 0.3) is 0 Å². The Hall–Kier alpha value is -3.33. The number of hydrogen-bond donors (Lipinski definition) is 1. The van der Waals surface area contributed by atoms with E-state index in [2.05, 4.69) is 13.8 Å². The molecule has 3 atom stereocenters. The van der Waals surface area contributed by atoms with Crippen LogP contribution in [0.2, 0.25) is 0 Å². The first-order valence-corrected chi connectivity index (χ1v) is 13.0. The Bertz CT molecular complexity index is 1070. The summed E-state index contributed by atoms with van der Waals surface area (Å²) in [6, 6.07) is 10.9. The van der Waals surface area contributed by atoms with E-state index in [0.29, 0.717) is 36.7 Å². The van der Waals surface area contributed by atoms with E-state index in [1.807, 2.05) is 21.9 Å². The molecule has 9 heteroatoms. The maximum absolute atomic E-state index is 13.8. The Kier molecular flexibility index (Phi) is 8.87. The van der Waals surface area contributed by atoms with Gasteiger partial charge in [0.05, 0.1) is 12.6 Å². The van der Waals surface area contributed by atoms with Gasteiger partial charge in [0.15, 0.2) is 11.5 Å². The van der Waals surface area contributed by atoms with Crippen molar-refractivity contribution in [2.45, 2.75) is 57.6 Å². The third kappa shape index (κ3) is 6.33. The number of halogens is 1. The van der Waals surface area contributed by atoms with Crippen LogP contribution in [0.15, 0.2) is 42.5 Å². The molecule has 2 aromatic rings. The summed E-state index contributed by atoms with van der Waals surface area (Å²) in [5, 5.41) is 9.63. The Balaban J connectivity index is 1.67. The summed E-state index contributed by atoms with van der Waals surface area (Å²) in [5.41, 5.74) is 1.52. The zero-order chi connectivity index (χ0) is 26.4. The molecule has 4 rings (SSSR count). The summed E-state index contributed by atoms with van der Waals surface area (Å²) in [5.74, 6) is 0.451. The van der Waals surface area contributed by atoms with Gasteiger partial charge < -0.3 is 24.2 Å². The first kappa shape index (κ1) is 26.7. The highest BCUT2D eigenvalue weighted by atomic mass is 19.1. The lowest BCUT2D eigenvalue weighted by molar-refractivity contribution is -0.133. The van der Waals surface area contributed by atoms with Crippen LogP contribution in [0.1, 0.15) is 62.6 Å². The minimum absolute atomic E-state index is 0.00516. The van der Waals surface area contributed by atoms with E-state index in [-0.39, 0.29) is 25.2 Å². The molecule has 200 valence electrons. The lowest BCUT2D eigenvalue weighted by Crippen LogP contribution is -2.42. The Morgan fingerprint density at radius 2 is 1.68 bits per heavy atom. The number of likely N-dealkylation sites (tertiary alicyclic amines) is 1. The number of carbonyl (C=O) groups is 2. The van der Waals surface area contributed by atoms with Crippen molar-refractivity contribution in [1.29, 1.82) is 0 Å². The smallest absolute Gasteiger partial charge is 0.454 e. The van der Waals surface area contributed by atoms with Crippen molar-refractivity contribution >= 4 is 12.1 Å². The molecule has 2 aromatic carbocycles. The number of hydrogen-bond acceptors (Lipinski definition) is 6. The monoisotopic (exact) mass is 514 g/mol. The van der Waals surface area contributed by atoms with Gasteiger partial charge in [0.2, 0.25) is 12.7 Å². The van der Waals surface area contributed by atoms with Crippen molar-refractivity contribution in [3.05, 3.63) is 59.4 Å². The first-order valence-electron chi connectivity index (χ1n) is 13.0. The minimum atomic E-state index is -1.40. The molecule has 1 fully saturated rings. The zero-order valence-electron chi connectivity index (χ0n) is 21.4. The molecule has 37 heavy (non-hydrogen) atoms. The molecule has 2 aliphatic heterocycles. The highest BCUT2D eigenvalue weighted by Crippen LogP contribution is 2.45. The summed E-state index contributed by atoms with van der Waals surface area (Å²) in [6.07, 6.45) is 1.60. The Morgan fingerprint density at radius 3 is 2.32 bits per heavy atom. The quantitative estimate of drug-likeness (QED) is 0.413. The topological polar surface area (TPSA) is 88.5 Å². The molecule has 2 heterocycles. The number of fused-ring (bicyclic) bond motifs is 1. The van der Waals surface area contributed by atoms with E-state index in [0.717, 1.165) is 31.2 Å². The number of carbonyl (C=O) groups excluding carboxylic acids is 1. The number of rotatable bonds is 11. The number of nitrogens with zero attached hydrogens (tertiary/aromatic N) is 2. The Morgan fingerprint density at radius 1 is 1.03 bits per heavy atom. The van der Waals surface area contributed by atoms with Crippen LogP contribution in [0.3, 0.4) is 0 Å². The van der Waals surface area contributed by atoms with Crippen molar-refractivity contribution < 1.29 is 33.3 Å². The van der Waals surface area contributed by atoms with E-state index in [1.165, 1.54) is 12.1 Å². The van der Waals surface area contributed by atoms with Gasteiger partial charge in [0.1, 0.15) is 11.9 Å². The molecule has 0 radical (unpaired) electrons. The largest absolute Gasteiger partial charge is 0.506 e. The van der Waals surface area contributed by atoms with Crippen LogP contribution in [-0.4, -0.2) is 66.0 Å². The van der Waals surface area contributed by atoms with E-state index < -0.39 is 24.1 Å². The van der Waals surface area contributed by atoms with Gasteiger partial charge in [-0.25, -0.2) is 9.18 Å². The number of carboxylic acid groups (broad SMARTS) is 1. The van der Waals surface area contributed by atoms with E-state index in [4.69, 9.17) is 14.2 Å². The van der Waals surface area contributed by atoms with Crippen molar-refractivity contribution in [3.63, 3.8) is 0 Å². The number of amides is 1. The van der Waals surface area contributed by atoms with Crippen molar-refractivity contribution in [3.8, 4) is 11.5 Å². The molecule has 0 saturated carbocycles. The summed E-state index contributed by atoms with van der Waals surface area (Å²) in [4.78, 5) is 29.2. The van der Waals surface area contributed by atoms with Crippen molar-refractivity contribution in [2.24, 2.45) is 0 Å². The van der Waals surface area contributed by atoms with Gasteiger partial charge in [0, 0.05) is 25.6 Å². The fourth-order valence-electron chi connectivity index (χ4n) is 5.16. The van der Waals surface area contributed by atoms with Crippen LogP contribution >= 0.6 is 0 Å². The summed E-state index contributed by atoms with van der Waals surface area (Å²) in [6.45, 7) is 6.18. The molecule has 0 unspecified atom stereocenters. The van der Waals surface area contributed by atoms with Gasteiger partial charge in [-0.1, -0.05) is 44.9 Å². The van der Waals surface area contributed by atoms with Gasteiger partial charge in [-0.15, -0.1) is 0 Å². The summed E-state index contributed by atoms with van der Waals surface area (Å²) >= 11 is 0. The predicted molar refractivity (Wildman–Crippen MR) is 135 cm³/mol. The van der Waals surface area contributed by atoms with E-state index in [9.17, 15) is 19.1 Å². The van der Waals surface area contributed by atoms with Gasteiger partial charge in [-0.05, 0) is 48.2 Å². The molecule has 0 aliphatic carbocycles. The van der Waals surface area contributed by atoms with Crippen LogP contribution < -0.4 is 9.47 Å². The zero-order valence-corrected chi connectivity index (χ0v) is 21.4. The molecule has 0 bridgehead atoms. The van der Waals surface area contributed by atoms with E-state index >= 15 is 0 Å². The molecular formula is C28H35FN2O6. The van der Waals surface area contributed by atoms with Crippen molar-refractivity contribution in [2.75, 3.05) is 33.0 Å². The van der Waals surface area contributed by atoms with Crippen LogP contribution in [0, 0.1) is 5.82 Å². The summed E-state index contributed by atoms with van der Waals surface area (Å²) < 4.78 is 30.2. The second-order valence-electron chi connectivity index (χ2n) is 9.58. The standard InChI is InChI=1S/C28H35FN2O6/c1-3-5-13-30(14-6-4-2)25(32)17-31-16-22(20-9-12-23-24(15-20)36-18-35-23)27(37-28(33)34)26(31)19-7-10-21(29)11-8-19/h7-12,15,22,26-27H,3-6,13-14,16-18H2,1-2H3,(H,33,34)/t22-,26-,27+/m1/s1. The fraction of sp³-hybridized carbons (Fsp3) is 0.500. The predicted octanol–water partition coefficient (Wildman–Crippen LogP) is 5.19. The molecule has 2 aliphatic rings. The molecule has 1 saturated heterocycles. The number of unbranched alkanes of at least 4 members (excludes halogenated alkanes) is 2. The first-order chi connectivity index (χ1) is 17.9. The SMILES string of the molecule is CCCCN(CCCC)C(=O)CN1C[C@H](c2ccc3c(c2)OCO3)[C@H](OC(=O)O)[C@H]1c1ccc(F)cc1. The van der Waals surface area contributed by atoms with Crippen LogP contribution in [0.5, 0.6) is 11.5 Å². The highest BCUT2D eigenvalue weighted by Gasteiger charge is 2.47. The lowest BCUT2D eigenvalue weighted by Gasteiger charge is -2.30. The van der Waals surface area contributed by atoms with Gasteiger partial charge in [0.25, 0.3) is 0 Å². The van der Waals surface area contributed by atoms with Crippen molar-refractivity contribution in [1.82, 2.24) is 9.80 Å². The fourth-order valence-corrected chi connectivity index (χ4v) is 5.16. The molecule has 1 N–H and O–H groups in total. The van der Waals surface area contributed by atoms with Crippen LogP contribution in [0.4, 0.5) is 9.18 Å². The van der Waals surface area contributed by atoms with Crippen LogP contribution in [-0.2, 0) is 9.53 Å². The second-order valence-corrected chi connectivity index (χ2v) is 9.58. The average molecular weight is 515 g/mol. The van der Waals surface area contributed by atoms with E-state index in [1.54, 1.807) is 18.2 Å². The molecule has 8 nitrogen and oxygen atoms in total. The van der Waals surface area contributed by atoms with Gasteiger partial charge in [-0.3, -0.25) is 9.69 Å². The third-order valence-corrected chi connectivity index (χ3v) is 7.06. The normalized spacial score (nSPS) is 20.7. The molecule has 0 aromatic heterocycles. The number of benzene rings is 2. The minimum Gasteiger partial charge on any atom is -0.454 e. The third-order valence-electron chi connectivity index (χ3n) is 7.06. The molecular weight excluding hydrogens is 479 g/mol. The van der Waals surface area contributed by atoms with Gasteiger partial charge >= 0.3 is 6.16 Å². The average Bonchev–Trinajstić information content (AvgIpc) is 3.48. The maximum Gasteiger partial charge on any atom is 0.506 e. The molecule has 1 amide bonds. The maximum atomic E-state index is 13.8. The Labute approximate surface area is 216 Å².